The summed E-state index contributed by atoms with van der Waals surface area (Å²) in [5, 5.41) is 3.53. The minimum Gasteiger partial charge on any atom is -0.341 e. The molecule has 2 rings (SSSR count). The Balaban J connectivity index is 1.90. The molecule has 18 heavy (non-hydrogen) atoms. The van der Waals surface area contributed by atoms with E-state index >= 15 is 0 Å². The second-order valence-corrected chi connectivity index (χ2v) is 5.83. The van der Waals surface area contributed by atoms with Gasteiger partial charge in [0.05, 0.1) is 0 Å². The highest BCUT2D eigenvalue weighted by atomic mass is 16.2. The Hall–Kier alpha value is -0.610. The van der Waals surface area contributed by atoms with Crippen molar-refractivity contribution >= 4 is 5.91 Å². The molecule has 104 valence electrons. The summed E-state index contributed by atoms with van der Waals surface area (Å²) in [5.74, 6) is 0.944. The lowest BCUT2D eigenvalue weighted by molar-refractivity contribution is -0.128. The van der Waals surface area contributed by atoms with Gasteiger partial charge in [-0.05, 0) is 19.4 Å². The van der Waals surface area contributed by atoms with Crippen molar-refractivity contribution in [3.63, 3.8) is 0 Å². The summed E-state index contributed by atoms with van der Waals surface area (Å²) in [5.41, 5.74) is 0. The average Bonchev–Trinajstić information content (AvgIpc) is 2.72. The molecule has 0 aromatic carbocycles. The fraction of sp³-hybridized carbons (Fsp3) is 0.929. The second-order valence-electron chi connectivity index (χ2n) is 5.83. The summed E-state index contributed by atoms with van der Waals surface area (Å²) < 4.78 is 0. The number of rotatable bonds is 4. The van der Waals surface area contributed by atoms with Gasteiger partial charge in [-0.2, -0.15) is 0 Å². The Morgan fingerprint density at radius 3 is 2.72 bits per heavy atom. The number of nitrogens with one attached hydrogen (secondary N) is 1. The Kier molecular flexibility index (Phi) is 4.62. The zero-order valence-electron chi connectivity index (χ0n) is 12.0. The lowest BCUT2D eigenvalue weighted by Crippen LogP contribution is -2.58. The van der Waals surface area contributed by atoms with Gasteiger partial charge < -0.3 is 10.2 Å². The molecule has 2 heterocycles. The van der Waals surface area contributed by atoms with Gasteiger partial charge in [0, 0.05) is 44.7 Å². The molecule has 1 amide bonds. The topological polar surface area (TPSA) is 35.6 Å². The Labute approximate surface area is 111 Å². The molecule has 0 bridgehead atoms. The summed E-state index contributed by atoms with van der Waals surface area (Å²) in [6.45, 7) is 11.7. The van der Waals surface area contributed by atoms with Crippen LogP contribution in [0.25, 0.3) is 0 Å². The van der Waals surface area contributed by atoms with E-state index in [-0.39, 0.29) is 0 Å². The van der Waals surface area contributed by atoms with Crippen LogP contribution in [-0.4, -0.2) is 60.5 Å². The number of hydrogen-bond donors (Lipinski definition) is 1. The van der Waals surface area contributed by atoms with Crippen LogP contribution in [-0.2, 0) is 4.79 Å². The zero-order valence-corrected chi connectivity index (χ0v) is 12.0. The maximum Gasteiger partial charge on any atom is 0.222 e. The molecule has 3 atom stereocenters. The molecule has 0 radical (unpaired) electrons. The summed E-state index contributed by atoms with van der Waals surface area (Å²) in [4.78, 5) is 16.6. The summed E-state index contributed by atoms with van der Waals surface area (Å²) in [6.07, 6.45) is 1.89. The number of carbonyl (C=O) groups is 1. The van der Waals surface area contributed by atoms with E-state index in [9.17, 15) is 4.79 Å². The normalized spacial score (nSPS) is 34.3. The van der Waals surface area contributed by atoms with E-state index in [0.717, 1.165) is 45.6 Å². The molecule has 2 aliphatic heterocycles. The SMILES string of the molecule is CCC1CC(=O)N(C[C@H]2CNC(C)CN2CC)C1. The fourth-order valence-electron chi connectivity index (χ4n) is 3.16. The quantitative estimate of drug-likeness (QED) is 0.809. The summed E-state index contributed by atoms with van der Waals surface area (Å²) in [6, 6.07) is 1.06. The molecular weight excluding hydrogens is 226 g/mol. The molecule has 1 N–H and O–H groups in total. The van der Waals surface area contributed by atoms with Gasteiger partial charge in [-0.15, -0.1) is 0 Å². The fourth-order valence-corrected chi connectivity index (χ4v) is 3.16. The van der Waals surface area contributed by atoms with Crippen molar-refractivity contribution in [2.45, 2.75) is 45.7 Å². The first-order chi connectivity index (χ1) is 8.63. The zero-order chi connectivity index (χ0) is 13.1. The van der Waals surface area contributed by atoms with Gasteiger partial charge >= 0.3 is 0 Å². The van der Waals surface area contributed by atoms with E-state index in [0.29, 0.717) is 23.9 Å². The highest BCUT2D eigenvalue weighted by Gasteiger charge is 2.32. The molecular formula is C14H27N3O. The first-order valence-corrected chi connectivity index (χ1v) is 7.39. The van der Waals surface area contributed by atoms with Crippen molar-refractivity contribution in [2.24, 2.45) is 5.92 Å². The first kappa shape index (κ1) is 13.8. The van der Waals surface area contributed by atoms with E-state index in [1.807, 2.05) is 0 Å². The van der Waals surface area contributed by atoms with Crippen LogP contribution in [0.3, 0.4) is 0 Å². The van der Waals surface area contributed by atoms with Crippen LogP contribution in [0.1, 0.15) is 33.6 Å². The van der Waals surface area contributed by atoms with Gasteiger partial charge in [0.25, 0.3) is 0 Å². The predicted octanol–water partition coefficient (Wildman–Crippen LogP) is 0.927. The van der Waals surface area contributed by atoms with Crippen LogP contribution >= 0.6 is 0 Å². The monoisotopic (exact) mass is 253 g/mol. The molecule has 2 aliphatic rings. The highest BCUT2D eigenvalue weighted by molar-refractivity contribution is 5.78. The van der Waals surface area contributed by atoms with Gasteiger partial charge in [-0.3, -0.25) is 9.69 Å². The third-order valence-corrected chi connectivity index (χ3v) is 4.44. The highest BCUT2D eigenvalue weighted by Crippen LogP contribution is 2.21. The number of nitrogens with zero attached hydrogens (tertiary/aromatic N) is 2. The number of carbonyl (C=O) groups excluding carboxylic acids is 1. The van der Waals surface area contributed by atoms with E-state index in [1.165, 1.54) is 0 Å². The summed E-state index contributed by atoms with van der Waals surface area (Å²) >= 11 is 0. The van der Waals surface area contributed by atoms with Crippen molar-refractivity contribution in [3.05, 3.63) is 0 Å². The Morgan fingerprint density at radius 2 is 2.11 bits per heavy atom. The molecule has 0 aromatic heterocycles. The van der Waals surface area contributed by atoms with Crippen molar-refractivity contribution in [3.8, 4) is 0 Å². The molecule has 0 aromatic rings. The molecule has 2 saturated heterocycles. The molecule has 4 nitrogen and oxygen atoms in total. The first-order valence-electron chi connectivity index (χ1n) is 7.39. The molecule has 2 fully saturated rings. The minimum absolute atomic E-state index is 0.358. The van der Waals surface area contributed by atoms with E-state index in [1.54, 1.807) is 0 Å². The maximum atomic E-state index is 12.0. The van der Waals surface area contributed by atoms with E-state index in [2.05, 4.69) is 35.9 Å². The maximum absolute atomic E-state index is 12.0. The van der Waals surface area contributed by atoms with Gasteiger partial charge in [0.1, 0.15) is 0 Å². The van der Waals surface area contributed by atoms with E-state index < -0.39 is 0 Å². The molecule has 2 unspecified atom stereocenters. The van der Waals surface area contributed by atoms with Crippen LogP contribution in [0.15, 0.2) is 0 Å². The van der Waals surface area contributed by atoms with Crippen LogP contribution in [0.4, 0.5) is 0 Å². The summed E-state index contributed by atoms with van der Waals surface area (Å²) in [7, 11) is 0. The smallest absolute Gasteiger partial charge is 0.222 e. The van der Waals surface area contributed by atoms with Gasteiger partial charge in [0.15, 0.2) is 0 Å². The minimum atomic E-state index is 0.358. The Morgan fingerprint density at radius 1 is 1.33 bits per heavy atom. The van der Waals surface area contributed by atoms with Crippen LogP contribution in [0, 0.1) is 5.92 Å². The lowest BCUT2D eigenvalue weighted by atomic mass is 10.1. The molecule has 0 spiro atoms. The van der Waals surface area contributed by atoms with Gasteiger partial charge in [0.2, 0.25) is 5.91 Å². The van der Waals surface area contributed by atoms with Crippen LogP contribution in [0.2, 0.25) is 0 Å². The van der Waals surface area contributed by atoms with Gasteiger partial charge in [-0.1, -0.05) is 20.3 Å². The average molecular weight is 253 g/mol. The molecule has 4 heteroatoms. The van der Waals surface area contributed by atoms with Crippen molar-refractivity contribution in [2.75, 3.05) is 32.7 Å². The lowest BCUT2D eigenvalue weighted by Gasteiger charge is -2.40. The van der Waals surface area contributed by atoms with Crippen molar-refractivity contribution in [1.29, 1.82) is 0 Å². The third kappa shape index (κ3) is 3.04. The molecule has 0 saturated carbocycles. The molecule has 0 aliphatic carbocycles. The number of amides is 1. The largest absolute Gasteiger partial charge is 0.341 e. The number of piperazine rings is 1. The predicted molar refractivity (Wildman–Crippen MR) is 73.5 cm³/mol. The van der Waals surface area contributed by atoms with E-state index in [4.69, 9.17) is 0 Å². The van der Waals surface area contributed by atoms with Crippen LogP contribution in [0.5, 0.6) is 0 Å². The van der Waals surface area contributed by atoms with Crippen LogP contribution < -0.4 is 5.32 Å². The standard InChI is InChI=1S/C14H27N3O/c1-4-12-6-14(18)17(9-12)10-13-7-15-11(3)8-16(13)5-2/h11-13,15H,4-10H2,1-3H3/t11?,12?,13-/m1/s1. The third-order valence-electron chi connectivity index (χ3n) is 4.44. The Bertz CT molecular complexity index is 295. The van der Waals surface area contributed by atoms with Crippen molar-refractivity contribution < 1.29 is 4.79 Å². The number of likely N-dealkylation sites (N-methyl/N-ethyl adjacent to an activating group) is 1. The second kappa shape index (κ2) is 6.02. The van der Waals surface area contributed by atoms with Crippen molar-refractivity contribution in [1.82, 2.24) is 15.1 Å². The van der Waals surface area contributed by atoms with Gasteiger partial charge in [-0.25, -0.2) is 0 Å². The number of likely N-dealkylation sites (tertiary alicyclic amines) is 1. The number of hydrogen-bond acceptors (Lipinski definition) is 3.